The maximum Gasteiger partial charge on any atom is 0.225 e. The molecule has 0 aliphatic carbocycles. The highest BCUT2D eigenvalue weighted by atomic mass is 32.1. The fourth-order valence-corrected chi connectivity index (χ4v) is 2.11. The van der Waals surface area contributed by atoms with E-state index in [1.807, 2.05) is 26.4 Å². The van der Waals surface area contributed by atoms with Crippen molar-refractivity contribution in [1.29, 1.82) is 0 Å². The average molecular weight is 233 g/mol. The van der Waals surface area contributed by atoms with Crippen molar-refractivity contribution in [2.45, 2.75) is 13.3 Å². The monoisotopic (exact) mass is 233 g/mol. The van der Waals surface area contributed by atoms with Crippen molar-refractivity contribution >= 4 is 17.3 Å². The molecular weight excluding hydrogens is 218 g/mol. The van der Waals surface area contributed by atoms with Gasteiger partial charge in [-0.1, -0.05) is 6.07 Å². The summed E-state index contributed by atoms with van der Waals surface area (Å²) in [6.07, 6.45) is 4.75. The van der Waals surface area contributed by atoms with Gasteiger partial charge in [-0.25, -0.2) is 9.97 Å². The first-order chi connectivity index (χ1) is 7.75. The van der Waals surface area contributed by atoms with Crippen molar-refractivity contribution < 1.29 is 0 Å². The van der Waals surface area contributed by atoms with E-state index in [0.717, 1.165) is 24.5 Å². The van der Waals surface area contributed by atoms with Gasteiger partial charge < -0.3 is 4.90 Å². The zero-order chi connectivity index (χ0) is 11.4. The molecule has 0 saturated heterocycles. The molecule has 0 fully saturated rings. The van der Waals surface area contributed by atoms with E-state index < -0.39 is 0 Å². The molecule has 0 atom stereocenters. The summed E-state index contributed by atoms with van der Waals surface area (Å²) in [7, 11) is 2.03. The Bertz CT molecular complexity index is 422. The number of anilines is 1. The van der Waals surface area contributed by atoms with Crippen molar-refractivity contribution in [2.24, 2.45) is 0 Å². The van der Waals surface area contributed by atoms with Crippen LogP contribution in [0, 0.1) is 6.92 Å². The number of aryl methyl sites for hydroxylation is 1. The molecule has 2 aromatic rings. The number of nitrogens with zero attached hydrogens (tertiary/aromatic N) is 3. The Kier molecular flexibility index (Phi) is 3.51. The molecule has 2 rings (SSSR count). The molecule has 0 aliphatic heterocycles. The average Bonchev–Trinajstić information content (AvgIpc) is 2.80. The molecule has 0 bridgehead atoms. The minimum Gasteiger partial charge on any atom is -0.344 e. The highest BCUT2D eigenvalue weighted by Gasteiger charge is 2.03. The van der Waals surface area contributed by atoms with E-state index in [9.17, 15) is 0 Å². The zero-order valence-electron chi connectivity index (χ0n) is 9.55. The van der Waals surface area contributed by atoms with Crippen LogP contribution in [0.4, 0.5) is 5.95 Å². The molecule has 0 amide bonds. The molecule has 16 heavy (non-hydrogen) atoms. The van der Waals surface area contributed by atoms with Gasteiger partial charge in [0.25, 0.3) is 0 Å². The third-order valence-electron chi connectivity index (χ3n) is 2.38. The lowest BCUT2D eigenvalue weighted by atomic mass is 10.3. The van der Waals surface area contributed by atoms with E-state index in [1.165, 1.54) is 4.88 Å². The minimum absolute atomic E-state index is 0.794. The Hall–Kier alpha value is -1.42. The number of aromatic nitrogens is 2. The fourth-order valence-electron chi connectivity index (χ4n) is 1.42. The first-order valence-corrected chi connectivity index (χ1v) is 6.16. The summed E-state index contributed by atoms with van der Waals surface area (Å²) < 4.78 is 0. The van der Waals surface area contributed by atoms with E-state index in [2.05, 4.69) is 32.4 Å². The van der Waals surface area contributed by atoms with Crippen molar-refractivity contribution in [3.05, 3.63) is 40.3 Å². The van der Waals surface area contributed by atoms with Gasteiger partial charge in [-0.2, -0.15) is 0 Å². The molecule has 2 aromatic heterocycles. The molecule has 0 N–H and O–H groups in total. The summed E-state index contributed by atoms with van der Waals surface area (Å²) in [5.74, 6) is 0.794. The standard InChI is InChI=1S/C12H15N3S/c1-10-8-13-12(14-9-10)15(2)6-5-11-4-3-7-16-11/h3-4,7-9H,5-6H2,1-2H3. The maximum atomic E-state index is 4.30. The minimum atomic E-state index is 0.794. The first-order valence-electron chi connectivity index (χ1n) is 5.28. The predicted octanol–water partition coefficient (Wildman–Crippen LogP) is 2.53. The summed E-state index contributed by atoms with van der Waals surface area (Å²) in [5.41, 5.74) is 1.09. The largest absolute Gasteiger partial charge is 0.344 e. The lowest BCUT2D eigenvalue weighted by Crippen LogP contribution is -2.22. The molecule has 0 spiro atoms. The topological polar surface area (TPSA) is 29.0 Å². The second kappa shape index (κ2) is 5.07. The Balaban J connectivity index is 1.93. The molecule has 0 unspecified atom stereocenters. The van der Waals surface area contributed by atoms with Gasteiger partial charge in [0.2, 0.25) is 5.95 Å². The third kappa shape index (κ3) is 2.79. The lowest BCUT2D eigenvalue weighted by Gasteiger charge is -2.16. The van der Waals surface area contributed by atoms with E-state index in [0.29, 0.717) is 0 Å². The summed E-state index contributed by atoms with van der Waals surface area (Å²) in [4.78, 5) is 12.1. The number of hydrogen-bond donors (Lipinski definition) is 0. The third-order valence-corrected chi connectivity index (χ3v) is 3.32. The fraction of sp³-hybridized carbons (Fsp3) is 0.333. The van der Waals surface area contributed by atoms with Crippen LogP contribution in [-0.4, -0.2) is 23.6 Å². The molecule has 0 aromatic carbocycles. The van der Waals surface area contributed by atoms with Gasteiger partial charge in [0.05, 0.1) is 0 Å². The highest BCUT2D eigenvalue weighted by molar-refractivity contribution is 7.09. The summed E-state index contributed by atoms with van der Waals surface area (Å²) in [6.45, 7) is 2.94. The van der Waals surface area contributed by atoms with Gasteiger partial charge >= 0.3 is 0 Å². The van der Waals surface area contributed by atoms with Crippen molar-refractivity contribution in [3.63, 3.8) is 0 Å². The van der Waals surface area contributed by atoms with Crippen LogP contribution in [0.2, 0.25) is 0 Å². The molecule has 84 valence electrons. The Morgan fingerprint density at radius 3 is 2.69 bits per heavy atom. The van der Waals surface area contributed by atoms with Gasteiger partial charge in [0.1, 0.15) is 0 Å². The van der Waals surface area contributed by atoms with E-state index in [1.54, 1.807) is 11.3 Å². The predicted molar refractivity (Wildman–Crippen MR) is 68.1 cm³/mol. The van der Waals surface area contributed by atoms with Crippen LogP contribution in [0.1, 0.15) is 10.4 Å². The van der Waals surface area contributed by atoms with Crippen LogP contribution in [0.15, 0.2) is 29.9 Å². The van der Waals surface area contributed by atoms with Crippen LogP contribution in [0.5, 0.6) is 0 Å². The first kappa shape index (κ1) is 11.1. The quantitative estimate of drug-likeness (QED) is 0.812. The van der Waals surface area contributed by atoms with Crippen LogP contribution >= 0.6 is 11.3 Å². The zero-order valence-corrected chi connectivity index (χ0v) is 10.4. The molecule has 4 heteroatoms. The number of thiophene rings is 1. The molecule has 3 nitrogen and oxygen atoms in total. The molecule has 2 heterocycles. The Morgan fingerprint density at radius 1 is 1.31 bits per heavy atom. The normalized spacial score (nSPS) is 10.4. The molecule has 0 radical (unpaired) electrons. The van der Waals surface area contributed by atoms with E-state index in [-0.39, 0.29) is 0 Å². The Morgan fingerprint density at radius 2 is 2.06 bits per heavy atom. The molecule has 0 saturated carbocycles. The highest BCUT2D eigenvalue weighted by Crippen LogP contribution is 2.11. The smallest absolute Gasteiger partial charge is 0.225 e. The van der Waals surface area contributed by atoms with Gasteiger partial charge in [0, 0.05) is 30.9 Å². The van der Waals surface area contributed by atoms with Crippen LogP contribution in [0.3, 0.4) is 0 Å². The summed E-state index contributed by atoms with van der Waals surface area (Å²) >= 11 is 1.80. The van der Waals surface area contributed by atoms with Crippen molar-refractivity contribution in [2.75, 3.05) is 18.5 Å². The lowest BCUT2D eigenvalue weighted by molar-refractivity contribution is 0.843. The Labute approximate surface area is 99.8 Å². The second-order valence-electron chi connectivity index (χ2n) is 3.81. The molecular formula is C12H15N3S. The van der Waals surface area contributed by atoms with Crippen LogP contribution in [0.25, 0.3) is 0 Å². The van der Waals surface area contributed by atoms with Gasteiger partial charge in [0.15, 0.2) is 0 Å². The van der Waals surface area contributed by atoms with E-state index in [4.69, 9.17) is 0 Å². The number of hydrogen-bond acceptors (Lipinski definition) is 4. The second-order valence-corrected chi connectivity index (χ2v) is 4.84. The van der Waals surface area contributed by atoms with Crippen LogP contribution in [-0.2, 0) is 6.42 Å². The number of likely N-dealkylation sites (N-methyl/N-ethyl adjacent to an activating group) is 1. The van der Waals surface area contributed by atoms with Crippen molar-refractivity contribution in [1.82, 2.24) is 9.97 Å². The summed E-state index contributed by atoms with van der Waals surface area (Å²) in [5, 5.41) is 2.11. The number of rotatable bonds is 4. The maximum absolute atomic E-state index is 4.30. The van der Waals surface area contributed by atoms with Crippen molar-refractivity contribution in [3.8, 4) is 0 Å². The van der Waals surface area contributed by atoms with Gasteiger partial charge in [-0.15, -0.1) is 11.3 Å². The molecule has 0 aliphatic rings. The van der Waals surface area contributed by atoms with E-state index >= 15 is 0 Å². The van der Waals surface area contributed by atoms with Gasteiger partial charge in [-0.05, 0) is 30.4 Å². The van der Waals surface area contributed by atoms with Crippen LogP contribution < -0.4 is 4.90 Å². The van der Waals surface area contributed by atoms with Gasteiger partial charge in [-0.3, -0.25) is 0 Å². The SMILES string of the molecule is Cc1cnc(N(C)CCc2cccs2)nc1. The summed E-state index contributed by atoms with van der Waals surface area (Å²) in [6, 6.07) is 4.25.